The highest BCUT2D eigenvalue weighted by Crippen LogP contribution is 2.44. The van der Waals surface area contributed by atoms with Crippen LogP contribution in [0.4, 0.5) is 13.2 Å². The third kappa shape index (κ3) is 4.50. The molecule has 1 fully saturated rings. The van der Waals surface area contributed by atoms with Gasteiger partial charge in [-0.25, -0.2) is 0 Å². The number of Topliss-reactive ketones (excluding diaryl/α,β-unsaturated/α-hetero) is 1. The van der Waals surface area contributed by atoms with Crippen LogP contribution in [-0.4, -0.2) is 34.8 Å². The van der Waals surface area contributed by atoms with Crippen molar-refractivity contribution in [3.8, 4) is 0 Å². The predicted molar refractivity (Wildman–Crippen MR) is 114 cm³/mol. The number of aryl methyl sites for hydroxylation is 1. The maximum Gasteiger partial charge on any atom is 0.416 e. The summed E-state index contributed by atoms with van der Waals surface area (Å²) in [6, 6.07) is 10.3. The van der Waals surface area contributed by atoms with E-state index in [9.17, 15) is 22.8 Å². The van der Waals surface area contributed by atoms with Crippen molar-refractivity contribution >= 4 is 25.2 Å². The normalized spacial score (nSPS) is 20.5. The van der Waals surface area contributed by atoms with Crippen LogP contribution < -0.4 is 0 Å². The molecule has 1 aliphatic carbocycles. The second-order valence-electron chi connectivity index (χ2n) is 8.19. The number of nitrogens with zero attached hydrogens (tertiary/aromatic N) is 1. The molecule has 0 aromatic heterocycles. The number of carbonyl (C=O) groups is 2. The van der Waals surface area contributed by atoms with Crippen LogP contribution in [0.2, 0.25) is 0 Å². The maximum atomic E-state index is 13.2. The number of benzene rings is 2. The molecule has 0 saturated carbocycles. The predicted octanol–water partition coefficient (Wildman–Crippen LogP) is 3.90. The number of aliphatic hydroxyl groups is 1. The molecule has 1 heterocycles. The fourth-order valence-electron chi connectivity index (χ4n) is 4.59. The Hall–Kier alpha value is -2.32. The van der Waals surface area contributed by atoms with Crippen molar-refractivity contribution in [2.75, 3.05) is 13.2 Å². The van der Waals surface area contributed by atoms with E-state index in [0.29, 0.717) is 30.5 Å². The number of ketones is 1. The van der Waals surface area contributed by atoms with Crippen molar-refractivity contribution in [1.29, 1.82) is 0 Å². The monoisotopic (exact) mass is 451 g/mol. The first kappa shape index (κ1) is 23.3. The van der Waals surface area contributed by atoms with E-state index < -0.39 is 23.8 Å². The Labute approximate surface area is 185 Å². The quantitative estimate of drug-likeness (QED) is 0.718. The number of likely N-dealkylation sites (tertiary alicyclic amines) is 1. The zero-order chi connectivity index (χ0) is 21.5. The molecule has 1 aliphatic heterocycles. The Morgan fingerprint density at radius 1 is 1.06 bits per heavy atom. The lowest BCUT2D eigenvalue weighted by Gasteiger charge is -2.33. The Morgan fingerprint density at radius 2 is 1.77 bits per heavy atom. The van der Waals surface area contributed by atoms with E-state index in [4.69, 9.17) is 5.11 Å². The number of hydrogen-bond donors (Lipinski definition) is 1. The van der Waals surface area contributed by atoms with Crippen LogP contribution in [0.5, 0.6) is 0 Å². The molecule has 4 nitrogen and oxygen atoms in total. The summed E-state index contributed by atoms with van der Waals surface area (Å²) in [4.78, 5) is 26.8. The fourth-order valence-corrected chi connectivity index (χ4v) is 4.59. The molecule has 4 rings (SSSR count). The third-order valence-corrected chi connectivity index (χ3v) is 6.33. The summed E-state index contributed by atoms with van der Waals surface area (Å²) in [5, 5.41) is 9.10. The molecule has 1 amide bonds. The number of halogens is 3. The highest BCUT2D eigenvalue weighted by molar-refractivity contribution is 7.59. The molecular weight excluding hydrogens is 427 g/mol. The molecule has 166 valence electrons. The van der Waals surface area contributed by atoms with Crippen LogP contribution >= 0.6 is 13.5 Å². The van der Waals surface area contributed by atoms with E-state index in [1.54, 1.807) is 17.0 Å². The minimum atomic E-state index is -4.38. The van der Waals surface area contributed by atoms with E-state index in [2.05, 4.69) is 0 Å². The lowest BCUT2D eigenvalue weighted by atomic mass is 9.70. The van der Waals surface area contributed by atoms with Gasteiger partial charge in [-0.15, -0.1) is 0 Å². The molecule has 2 aromatic carbocycles. The summed E-state index contributed by atoms with van der Waals surface area (Å²) < 4.78 is 38.2. The van der Waals surface area contributed by atoms with Gasteiger partial charge in [0.1, 0.15) is 6.61 Å². The van der Waals surface area contributed by atoms with Crippen LogP contribution in [-0.2, 0) is 30.4 Å². The summed E-state index contributed by atoms with van der Waals surface area (Å²) in [7, 11) is 0. The average molecular weight is 452 g/mol. The molecule has 1 spiro atoms. The van der Waals surface area contributed by atoms with Gasteiger partial charge in [0.05, 0.1) is 11.0 Å². The van der Waals surface area contributed by atoms with Crippen LogP contribution in [0, 0.1) is 5.41 Å². The zero-order valence-electron chi connectivity index (χ0n) is 16.8. The van der Waals surface area contributed by atoms with Gasteiger partial charge in [-0.2, -0.15) is 26.7 Å². The molecule has 31 heavy (non-hydrogen) atoms. The summed E-state index contributed by atoms with van der Waals surface area (Å²) in [5.41, 5.74) is 1.96. The molecule has 8 heteroatoms. The number of aliphatic hydroxyl groups excluding tert-OH is 1. The van der Waals surface area contributed by atoms with Gasteiger partial charge in [0.15, 0.2) is 5.78 Å². The first-order chi connectivity index (χ1) is 14.2. The van der Waals surface area contributed by atoms with Crippen molar-refractivity contribution < 1.29 is 27.9 Å². The minimum Gasteiger partial charge on any atom is -0.388 e. The number of carbonyl (C=O) groups excluding carboxylic acids is 2. The first-order valence-electron chi connectivity index (χ1n) is 9.93. The van der Waals surface area contributed by atoms with Gasteiger partial charge in [0.25, 0.3) is 0 Å². The number of fused-ring (bicyclic) bond motifs is 1. The third-order valence-electron chi connectivity index (χ3n) is 6.33. The van der Waals surface area contributed by atoms with Crippen molar-refractivity contribution in [1.82, 2.24) is 4.90 Å². The minimum absolute atomic E-state index is 0. The summed E-state index contributed by atoms with van der Waals surface area (Å²) in [6.07, 6.45) is -1.70. The highest BCUT2D eigenvalue weighted by Gasteiger charge is 2.48. The average Bonchev–Trinajstić information content (AvgIpc) is 3.02. The van der Waals surface area contributed by atoms with Crippen molar-refractivity contribution in [2.45, 2.75) is 38.4 Å². The number of rotatable bonds is 4. The molecule has 0 radical (unpaired) electrons. The number of alkyl halides is 3. The fraction of sp³-hybridized carbons (Fsp3) is 0.391. The van der Waals surface area contributed by atoms with Crippen molar-refractivity contribution in [3.05, 3.63) is 70.3 Å². The number of amides is 1. The summed E-state index contributed by atoms with van der Waals surface area (Å²) in [6.45, 7) is 0.294. The maximum absolute atomic E-state index is 13.2. The molecule has 0 bridgehead atoms. The first-order valence-corrected chi connectivity index (χ1v) is 9.93. The van der Waals surface area contributed by atoms with Gasteiger partial charge in [-0.3, -0.25) is 9.59 Å². The van der Waals surface area contributed by atoms with E-state index in [1.165, 1.54) is 12.1 Å². The Balaban J connectivity index is 0.00000272. The Morgan fingerprint density at radius 3 is 2.42 bits per heavy atom. The summed E-state index contributed by atoms with van der Waals surface area (Å²) in [5.74, 6) is -0.328. The SMILES string of the molecule is O=C(CO)c1ccc2c(c1)C[C@@]1(CC2)CCN(Cc2ccc(C(F)(F)F)cc2)C1=O.S. The Bertz CT molecular complexity index is 991. The van der Waals surface area contributed by atoms with Gasteiger partial charge in [-0.05, 0) is 60.6 Å². The van der Waals surface area contributed by atoms with E-state index in [1.807, 2.05) is 6.07 Å². The lowest BCUT2D eigenvalue weighted by molar-refractivity contribution is -0.138. The standard InChI is InChI=1S/C23H22F3NO3.H2S/c24-23(25,26)19-5-1-15(2-6-19)13-27-10-9-22(21(27)30)8-7-16-3-4-17(20(29)14-28)11-18(16)12-22;/h1-6,11,28H,7-10,12-14H2;1H2/t22-;/m1./s1. The van der Waals surface area contributed by atoms with Crippen LogP contribution in [0.25, 0.3) is 0 Å². The molecule has 0 unspecified atom stereocenters. The second kappa shape index (κ2) is 8.67. The van der Waals surface area contributed by atoms with Crippen molar-refractivity contribution in [3.63, 3.8) is 0 Å². The van der Waals surface area contributed by atoms with Gasteiger partial charge < -0.3 is 10.0 Å². The van der Waals surface area contributed by atoms with Gasteiger partial charge in [0.2, 0.25) is 5.91 Å². The van der Waals surface area contributed by atoms with E-state index in [-0.39, 0.29) is 31.7 Å². The smallest absolute Gasteiger partial charge is 0.388 e. The molecule has 1 atom stereocenters. The highest BCUT2D eigenvalue weighted by atomic mass is 32.1. The van der Waals surface area contributed by atoms with Crippen LogP contribution in [0.3, 0.4) is 0 Å². The van der Waals surface area contributed by atoms with Gasteiger partial charge >= 0.3 is 6.18 Å². The largest absolute Gasteiger partial charge is 0.416 e. The lowest BCUT2D eigenvalue weighted by Crippen LogP contribution is -2.38. The van der Waals surface area contributed by atoms with E-state index >= 15 is 0 Å². The molecular formula is C23H24F3NO3S. The molecule has 2 aliphatic rings. The van der Waals surface area contributed by atoms with Gasteiger partial charge in [-0.1, -0.05) is 24.3 Å². The molecule has 1 saturated heterocycles. The topological polar surface area (TPSA) is 57.6 Å². The second-order valence-corrected chi connectivity index (χ2v) is 8.19. The summed E-state index contributed by atoms with van der Waals surface area (Å²) >= 11 is 0. The van der Waals surface area contributed by atoms with Crippen LogP contribution in [0.1, 0.15) is 45.5 Å². The molecule has 2 aromatic rings. The molecule has 1 N–H and O–H groups in total. The van der Waals surface area contributed by atoms with E-state index in [0.717, 1.165) is 36.1 Å². The Kier molecular flexibility index (Phi) is 6.53. The number of hydrogen-bond acceptors (Lipinski definition) is 3. The van der Waals surface area contributed by atoms with Crippen LogP contribution in [0.15, 0.2) is 42.5 Å². The van der Waals surface area contributed by atoms with Crippen molar-refractivity contribution in [2.24, 2.45) is 5.41 Å². The van der Waals surface area contributed by atoms with Gasteiger partial charge in [0, 0.05) is 18.7 Å². The zero-order valence-corrected chi connectivity index (χ0v) is 17.8.